The predicted octanol–water partition coefficient (Wildman–Crippen LogP) is 2.78. The van der Waals surface area contributed by atoms with E-state index in [2.05, 4.69) is 15.6 Å². The van der Waals surface area contributed by atoms with Crippen LogP contribution in [0.4, 0.5) is 4.39 Å². The maximum Gasteiger partial charge on any atom is 0.270 e. The van der Waals surface area contributed by atoms with Crippen LogP contribution in [-0.4, -0.2) is 34.5 Å². The van der Waals surface area contributed by atoms with Gasteiger partial charge in [0, 0.05) is 23.3 Å². The van der Waals surface area contributed by atoms with Gasteiger partial charge in [-0.2, -0.15) is 0 Å². The summed E-state index contributed by atoms with van der Waals surface area (Å²) in [4.78, 5) is 28.6. The van der Waals surface area contributed by atoms with Gasteiger partial charge in [0.2, 0.25) is 0 Å². The van der Waals surface area contributed by atoms with Gasteiger partial charge in [-0.1, -0.05) is 11.6 Å². The number of hydrogen-bond donors (Lipinski definition) is 2. The molecule has 3 aliphatic rings. The van der Waals surface area contributed by atoms with E-state index in [1.54, 1.807) is 12.3 Å². The molecule has 6 nitrogen and oxygen atoms in total. The van der Waals surface area contributed by atoms with Gasteiger partial charge in [0.15, 0.2) is 6.61 Å². The number of rotatable bonds is 6. The second-order valence-electron chi connectivity index (χ2n) is 7.68. The molecule has 1 heterocycles. The van der Waals surface area contributed by atoms with Crippen molar-refractivity contribution in [3.05, 3.63) is 58.6 Å². The summed E-state index contributed by atoms with van der Waals surface area (Å²) in [5.74, 6) is -0.837. The van der Waals surface area contributed by atoms with Crippen molar-refractivity contribution < 1.29 is 18.7 Å². The Kier molecular flexibility index (Phi) is 4.50. The summed E-state index contributed by atoms with van der Waals surface area (Å²) < 4.78 is 18.7. The van der Waals surface area contributed by atoms with E-state index >= 15 is 0 Å². The highest BCUT2D eigenvalue weighted by Crippen LogP contribution is 2.60. The molecule has 146 valence electrons. The molecule has 2 N–H and O–H groups in total. The molecule has 0 saturated heterocycles. The van der Waals surface area contributed by atoms with Gasteiger partial charge < -0.3 is 15.4 Å². The third kappa shape index (κ3) is 3.54. The van der Waals surface area contributed by atoms with E-state index in [-0.39, 0.29) is 40.3 Å². The summed E-state index contributed by atoms with van der Waals surface area (Å²) in [6.07, 6.45) is 3.65. The van der Waals surface area contributed by atoms with Gasteiger partial charge in [-0.05, 0) is 56.0 Å². The molecule has 0 radical (unpaired) electrons. The maximum atomic E-state index is 13.4. The molecule has 0 aliphatic heterocycles. The number of aromatic nitrogens is 1. The number of amides is 2. The van der Waals surface area contributed by atoms with Crippen LogP contribution in [0.25, 0.3) is 0 Å². The Hall–Kier alpha value is -2.67. The minimum absolute atomic E-state index is 0.00104. The standard InChI is InChI=1S/C20H19ClFN3O3/c1-12-4-5-23-16(6-12)18(27)25-20-9-19(10-20,11-20)24-17(26)8-28-13-2-3-14(21)15(22)7-13/h2-7H,8-11H2,1H3,(H,24,26)(H,25,27). The summed E-state index contributed by atoms with van der Waals surface area (Å²) in [7, 11) is 0. The highest BCUT2D eigenvalue weighted by Gasteiger charge is 2.69. The number of carbonyl (C=O) groups excluding carboxylic acids is 2. The van der Waals surface area contributed by atoms with Crippen molar-refractivity contribution in [3.63, 3.8) is 0 Å². The summed E-state index contributed by atoms with van der Waals surface area (Å²) in [6.45, 7) is 1.69. The van der Waals surface area contributed by atoms with E-state index in [0.717, 1.165) is 11.6 Å². The molecule has 2 aromatic rings. The molecule has 3 saturated carbocycles. The molecule has 1 aromatic heterocycles. The quantitative estimate of drug-likeness (QED) is 0.777. The van der Waals surface area contributed by atoms with Gasteiger partial charge in [0.05, 0.1) is 5.02 Å². The molecule has 0 atom stereocenters. The number of aryl methyl sites for hydroxylation is 1. The van der Waals surface area contributed by atoms with E-state index in [1.807, 2.05) is 13.0 Å². The molecule has 3 aliphatic carbocycles. The summed E-state index contributed by atoms with van der Waals surface area (Å²) in [5, 5.41) is 5.98. The number of pyridine rings is 1. The molecule has 2 amide bonds. The number of halogens is 2. The van der Waals surface area contributed by atoms with Crippen LogP contribution in [0.2, 0.25) is 5.02 Å². The summed E-state index contributed by atoms with van der Waals surface area (Å²) in [5.41, 5.74) is 0.808. The zero-order chi connectivity index (χ0) is 19.9. The highest BCUT2D eigenvalue weighted by molar-refractivity contribution is 6.30. The average Bonchev–Trinajstić information content (AvgIpc) is 2.59. The van der Waals surface area contributed by atoms with E-state index in [4.69, 9.17) is 16.3 Å². The third-order valence-corrected chi connectivity index (χ3v) is 5.53. The second-order valence-corrected chi connectivity index (χ2v) is 8.08. The van der Waals surface area contributed by atoms with Crippen LogP contribution in [0.5, 0.6) is 5.75 Å². The fourth-order valence-corrected chi connectivity index (χ4v) is 4.18. The molecule has 3 fully saturated rings. The monoisotopic (exact) mass is 403 g/mol. The second kappa shape index (κ2) is 6.74. The molecule has 1 aromatic carbocycles. The Morgan fingerprint density at radius 2 is 1.89 bits per heavy atom. The van der Waals surface area contributed by atoms with Crippen molar-refractivity contribution in [1.82, 2.24) is 15.6 Å². The first kappa shape index (κ1) is 18.7. The van der Waals surface area contributed by atoms with Gasteiger partial charge in [-0.3, -0.25) is 14.6 Å². The number of carbonyl (C=O) groups is 2. The van der Waals surface area contributed by atoms with Gasteiger partial charge in [0.25, 0.3) is 11.8 Å². The van der Waals surface area contributed by atoms with E-state index in [1.165, 1.54) is 12.1 Å². The Balaban J connectivity index is 1.24. The van der Waals surface area contributed by atoms with Crippen molar-refractivity contribution in [2.45, 2.75) is 37.3 Å². The topological polar surface area (TPSA) is 80.3 Å². The first-order valence-electron chi connectivity index (χ1n) is 8.92. The molecule has 0 unspecified atom stereocenters. The Labute approximate surface area is 166 Å². The van der Waals surface area contributed by atoms with Crippen LogP contribution in [-0.2, 0) is 4.79 Å². The van der Waals surface area contributed by atoms with Crippen LogP contribution in [0.15, 0.2) is 36.5 Å². The molecule has 2 bridgehead atoms. The van der Waals surface area contributed by atoms with Gasteiger partial charge in [0.1, 0.15) is 17.3 Å². The number of benzene rings is 1. The van der Waals surface area contributed by atoms with Crippen LogP contribution >= 0.6 is 11.6 Å². The number of nitrogens with zero attached hydrogens (tertiary/aromatic N) is 1. The lowest BCUT2D eigenvalue weighted by atomic mass is 9.44. The van der Waals surface area contributed by atoms with Gasteiger partial charge in [-0.15, -0.1) is 0 Å². The van der Waals surface area contributed by atoms with E-state index < -0.39 is 5.82 Å². The van der Waals surface area contributed by atoms with Crippen molar-refractivity contribution in [1.29, 1.82) is 0 Å². The van der Waals surface area contributed by atoms with Crippen molar-refractivity contribution in [2.75, 3.05) is 6.61 Å². The lowest BCUT2D eigenvalue weighted by Gasteiger charge is -2.70. The zero-order valence-electron chi connectivity index (χ0n) is 15.2. The molecule has 28 heavy (non-hydrogen) atoms. The van der Waals surface area contributed by atoms with Gasteiger partial charge in [-0.25, -0.2) is 4.39 Å². The van der Waals surface area contributed by atoms with Crippen molar-refractivity contribution in [3.8, 4) is 5.75 Å². The Morgan fingerprint density at radius 3 is 2.57 bits per heavy atom. The number of hydrogen-bond acceptors (Lipinski definition) is 4. The number of ether oxygens (including phenoxy) is 1. The largest absolute Gasteiger partial charge is 0.484 e. The Bertz CT molecular complexity index is 946. The van der Waals surface area contributed by atoms with Gasteiger partial charge >= 0.3 is 0 Å². The van der Waals surface area contributed by atoms with Crippen molar-refractivity contribution in [2.24, 2.45) is 0 Å². The lowest BCUT2D eigenvalue weighted by Crippen LogP contribution is -2.84. The first-order valence-corrected chi connectivity index (χ1v) is 9.30. The minimum atomic E-state index is -0.597. The smallest absolute Gasteiger partial charge is 0.270 e. The van der Waals surface area contributed by atoms with Crippen LogP contribution in [0.3, 0.4) is 0 Å². The predicted molar refractivity (Wildman–Crippen MR) is 101 cm³/mol. The maximum absolute atomic E-state index is 13.4. The highest BCUT2D eigenvalue weighted by atomic mass is 35.5. The lowest BCUT2D eigenvalue weighted by molar-refractivity contribution is -0.141. The van der Waals surface area contributed by atoms with E-state index in [0.29, 0.717) is 25.0 Å². The fourth-order valence-electron chi connectivity index (χ4n) is 4.07. The minimum Gasteiger partial charge on any atom is -0.484 e. The van der Waals surface area contributed by atoms with Crippen molar-refractivity contribution >= 4 is 23.4 Å². The summed E-state index contributed by atoms with van der Waals surface area (Å²) in [6, 6.07) is 7.60. The average molecular weight is 404 g/mol. The molecule has 0 spiro atoms. The Morgan fingerprint density at radius 1 is 1.18 bits per heavy atom. The van der Waals surface area contributed by atoms with E-state index in [9.17, 15) is 14.0 Å². The normalized spacial score (nSPS) is 24.5. The summed E-state index contributed by atoms with van der Waals surface area (Å²) >= 11 is 5.61. The fraction of sp³-hybridized carbons (Fsp3) is 0.350. The SMILES string of the molecule is Cc1ccnc(C(=O)NC23CC(NC(=O)COc4ccc(Cl)c(F)c4)(C2)C3)c1. The molecule has 8 heteroatoms. The molecular formula is C20H19ClFN3O3. The molecular weight excluding hydrogens is 385 g/mol. The van der Waals surface area contributed by atoms with Crippen LogP contribution in [0, 0.1) is 12.7 Å². The van der Waals surface area contributed by atoms with Crippen LogP contribution < -0.4 is 15.4 Å². The number of nitrogens with one attached hydrogen (secondary N) is 2. The zero-order valence-corrected chi connectivity index (χ0v) is 16.0. The third-order valence-electron chi connectivity index (χ3n) is 5.22. The molecule has 5 rings (SSSR count). The van der Waals surface area contributed by atoms with Crippen LogP contribution in [0.1, 0.15) is 35.3 Å². The first-order chi connectivity index (χ1) is 13.3.